The van der Waals surface area contributed by atoms with Gasteiger partial charge in [-0.05, 0) is 24.6 Å². The van der Waals surface area contributed by atoms with Gasteiger partial charge in [0.2, 0.25) is 0 Å². The molecule has 2 aromatic heterocycles. The van der Waals surface area contributed by atoms with Crippen LogP contribution in [0.1, 0.15) is 17.3 Å². The number of methoxy groups -OCH3 is 1. The van der Waals surface area contributed by atoms with Crippen LogP contribution in [0, 0.1) is 6.92 Å². The highest BCUT2D eigenvalue weighted by atomic mass is 32.2. The van der Waals surface area contributed by atoms with Gasteiger partial charge in [0.25, 0.3) is 5.89 Å². The van der Waals surface area contributed by atoms with Gasteiger partial charge < -0.3 is 14.2 Å². The van der Waals surface area contributed by atoms with Gasteiger partial charge in [0, 0.05) is 7.11 Å². The first-order valence-electron chi connectivity index (χ1n) is 6.14. The number of aryl methyl sites for hydroxylation is 1. The molecule has 3 aromatic rings. The Morgan fingerprint density at radius 3 is 3.10 bits per heavy atom. The molecule has 0 aliphatic rings. The number of hydrogen-bond acceptors (Lipinski definition) is 6. The van der Waals surface area contributed by atoms with Crippen molar-refractivity contribution in [1.29, 1.82) is 0 Å². The zero-order valence-electron chi connectivity index (χ0n) is 11.2. The van der Waals surface area contributed by atoms with Crippen LogP contribution in [0.3, 0.4) is 0 Å². The number of nitrogens with zero attached hydrogens (tertiary/aromatic N) is 3. The summed E-state index contributed by atoms with van der Waals surface area (Å²) in [7, 11) is 1.59. The summed E-state index contributed by atoms with van der Waals surface area (Å²) in [6, 6.07) is 6.14. The van der Waals surface area contributed by atoms with Crippen LogP contribution < -0.4 is 0 Å². The molecule has 0 aliphatic heterocycles. The molecule has 3 rings (SSSR count). The highest BCUT2D eigenvalue weighted by Gasteiger charge is 2.08. The number of benzene rings is 1. The fourth-order valence-electron chi connectivity index (χ4n) is 1.83. The number of thioether (sulfide) groups is 1. The summed E-state index contributed by atoms with van der Waals surface area (Å²) >= 11 is 1.54. The topological polar surface area (TPSA) is 76.8 Å². The highest BCUT2D eigenvalue weighted by molar-refractivity contribution is 7.98. The molecule has 0 aliphatic carbocycles. The summed E-state index contributed by atoms with van der Waals surface area (Å²) in [5, 5.41) is 4.74. The van der Waals surface area contributed by atoms with E-state index in [0.717, 1.165) is 16.2 Å². The smallest absolute Gasteiger partial charge is 0.252 e. The molecule has 0 bridgehead atoms. The zero-order chi connectivity index (χ0) is 13.9. The van der Waals surface area contributed by atoms with Gasteiger partial charge in [0.1, 0.15) is 6.61 Å². The van der Waals surface area contributed by atoms with Crippen molar-refractivity contribution in [2.45, 2.75) is 24.4 Å². The second-order valence-electron chi connectivity index (χ2n) is 4.39. The Kier molecular flexibility index (Phi) is 3.70. The number of hydrogen-bond donors (Lipinski definition) is 1. The van der Waals surface area contributed by atoms with E-state index in [-0.39, 0.29) is 0 Å². The molecule has 0 spiro atoms. The molecule has 0 fully saturated rings. The molecule has 1 aromatic carbocycles. The average molecular weight is 290 g/mol. The van der Waals surface area contributed by atoms with Crippen molar-refractivity contribution in [1.82, 2.24) is 20.1 Å². The number of H-pyrrole nitrogens is 1. The van der Waals surface area contributed by atoms with E-state index in [2.05, 4.69) is 33.1 Å². The lowest BCUT2D eigenvalue weighted by Crippen LogP contribution is -1.88. The molecule has 0 saturated carbocycles. The number of aromatic amines is 1. The van der Waals surface area contributed by atoms with Gasteiger partial charge in [-0.3, -0.25) is 0 Å². The van der Waals surface area contributed by atoms with Gasteiger partial charge in [-0.2, -0.15) is 4.98 Å². The Balaban J connectivity index is 1.69. The van der Waals surface area contributed by atoms with E-state index in [1.807, 2.05) is 12.1 Å². The van der Waals surface area contributed by atoms with Crippen LogP contribution in [-0.4, -0.2) is 27.2 Å². The standard InChI is InChI=1S/C13H14N4O2S/c1-8-3-4-9-10(5-8)15-13(14-9)20-7-11-16-12(6-18-2)19-17-11/h3-5H,6-7H2,1-2H3,(H,14,15). The van der Waals surface area contributed by atoms with Crippen LogP contribution in [0.25, 0.3) is 11.0 Å². The van der Waals surface area contributed by atoms with E-state index in [4.69, 9.17) is 9.26 Å². The normalized spacial score (nSPS) is 11.3. The summed E-state index contributed by atoms with van der Waals surface area (Å²) in [5.74, 6) is 1.73. The van der Waals surface area contributed by atoms with Gasteiger partial charge in [0.05, 0.1) is 16.8 Å². The molecule has 2 heterocycles. The maximum Gasteiger partial charge on any atom is 0.252 e. The lowest BCUT2D eigenvalue weighted by atomic mass is 10.2. The quantitative estimate of drug-likeness (QED) is 0.728. The molecule has 0 atom stereocenters. The largest absolute Gasteiger partial charge is 0.375 e. The van der Waals surface area contributed by atoms with Gasteiger partial charge >= 0.3 is 0 Å². The van der Waals surface area contributed by atoms with E-state index >= 15 is 0 Å². The minimum Gasteiger partial charge on any atom is -0.375 e. The van der Waals surface area contributed by atoms with Gasteiger partial charge in [-0.1, -0.05) is 23.0 Å². The van der Waals surface area contributed by atoms with Crippen LogP contribution in [0.5, 0.6) is 0 Å². The molecular weight excluding hydrogens is 276 g/mol. The van der Waals surface area contributed by atoms with Crippen LogP contribution >= 0.6 is 11.8 Å². The molecule has 7 heteroatoms. The molecular formula is C13H14N4O2S. The van der Waals surface area contributed by atoms with E-state index in [1.165, 1.54) is 5.56 Å². The van der Waals surface area contributed by atoms with Crippen LogP contribution in [-0.2, 0) is 17.1 Å². The van der Waals surface area contributed by atoms with Crippen LogP contribution in [0.4, 0.5) is 0 Å². The predicted molar refractivity (Wildman–Crippen MR) is 75.4 cm³/mol. The lowest BCUT2D eigenvalue weighted by molar-refractivity contribution is 0.151. The molecule has 0 saturated heterocycles. The predicted octanol–water partition coefficient (Wildman–Crippen LogP) is 2.69. The molecule has 0 amide bonds. The summed E-state index contributed by atoms with van der Waals surface area (Å²) in [6.07, 6.45) is 0. The summed E-state index contributed by atoms with van der Waals surface area (Å²) in [6.45, 7) is 2.39. The van der Waals surface area contributed by atoms with Crippen molar-refractivity contribution < 1.29 is 9.26 Å². The SMILES string of the molecule is COCc1nc(CSc2nc3ccc(C)cc3[nH]2)no1. The summed E-state index contributed by atoms with van der Waals surface area (Å²) < 4.78 is 9.97. The highest BCUT2D eigenvalue weighted by Crippen LogP contribution is 2.22. The summed E-state index contributed by atoms with van der Waals surface area (Å²) in [4.78, 5) is 12.0. The number of rotatable bonds is 5. The van der Waals surface area contributed by atoms with E-state index < -0.39 is 0 Å². The lowest BCUT2D eigenvalue weighted by Gasteiger charge is -1.91. The van der Waals surface area contributed by atoms with E-state index in [0.29, 0.717) is 24.1 Å². The fraction of sp³-hybridized carbons (Fsp3) is 0.308. The number of aromatic nitrogens is 4. The minimum absolute atomic E-state index is 0.335. The Morgan fingerprint density at radius 1 is 1.35 bits per heavy atom. The zero-order valence-corrected chi connectivity index (χ0v) is 12.0. The fourth-order valence-corrected chi connectivity index (χ4v) is 2.56. The van der Waals surface area contributed by atoms with Gasteiger partial charge in [0.15, 0.2) is 11.0 Å². The number of ether oxygens (including phenoxy) is 1. The Bertz CT molecular complexity index is 722. The van der Waals surface area contributed by atoms with Crippen molar-refractivity contribution >= 4 is 22.8 Å². The minimum atomic E-state index is 0.335. The van der Waals surface area contributed by atoms with Gasteiger partial charge in [-0.25, -0.2) is 4.98 Å². The third-order valence-electron chi connectivity index (χ3n) is 2.73. The first-order chi connectivity index (χ1) is 9.74. The second kappa shape index (κ2) is 5.64. The maximum absolute atomic E-state index is 5.04. The van der Waals surface area contributed by atoms with E-state index in [1.54, 1.807) is 18.9 Å². The molecule has 0 unspecified atom stereocenters. The molecule has 104 valence electrons. The molecule has 6 nitrogen and oxygen atoms in total. The van der Waals surface area contributed by atoms with Crippen LogP contribution in [0.15, 0.2) is 27.9 Å². The van der Waals surface area contributed by atoms with Crippen molar-refractivity contribution in [2.24, 2.45) is 0 Å². The Hall–Kier alpha value is -1.86. The molecule has 1 N–H and O–H groups in total. The molecule has 20 heavy (non-hydrogen) atoms. The summed E-state index contributed by atoms with van der Waals surface area (Å²) in [5.41, 5.74) is 3.21. The first kappa shape index (κ1) is 13.1. The van der Waals surface area contributed by atoms with Crippen molar-refractivity contribution in [2.75, 3.05) is 7.11 Å². The maximum atomic E-state index is 5.04. The number of fused-ring (bicyclic) bond motifs is 1. The average Bonchev–Trinajstić information content (AvgIpc) is 3.02. The first-order valence-corrected chi connectivity index (χ1v) is 7.13. The third kappa shape index (κ3) is 2.83. The Labute approximate surface area is 119 Å². The number of nitrogens with one attached hydrogen (secondary N) is 1. The van der Waals surface area contributed by atoms with E-state index in [9.17, 15) is 0 Å². The molecule has 0 radical (unpaired) electrons. The van der Waals surface area contributed by atoms with Crippen molar-refractivity contribution in [3.63, 3.8) is 0 Å². The van der Waals surface area contributed by atoms with Gasteiger partial charge in [-0.15, -0.1) is 0 Å². The van der Waals surface area contributed by atoms with Crippen LogP contribution in [0.2, 0.25) is 0 Å². The monoisotopic (exact) mass is 290 g/mol. The second-order valence-corrected chi connectivity index (χ2v) is 5.35. The van der Waals surface area contributed by atoms with Crippen molar-refractivity contribution in [3.8, 4) is 0 Å². The van der Waals surface area contributed by atoms with Crippen molar-refractivity contribution in [3.05, 3.63) is 35.5 Å². The number of imidazole rings is 1. The third-order valence-corrected chi connectivity index (χ3v) is 3.60. The Morgan fingerprint density at radius 2 is 2.25 bits per heavy atom.